The van der Waals surface area contributed by atoms with E-state index in [0.717, 1.165) is 38.1 Å². The summed E-state index contributed by atoms with van der Waals surface area (Å²) in [4.78, 5) is 14.2. The molecule has 1 N–H and O–H groups in total. The summed E-state index contributed by atoms with van der Waals surface area (Å²) in [6, 6.07) is 0.600. The predicted octanol–water partition coefficient (Wildman–Crippen LogP) is 4.17. The maximum absolute atomic E-state index is 11.9. The fraction of sp³-hybridized carbons (Fsp3) is 0.944. The molecular formula is C18H33NO2. The molecule has 2 fully saturated rings. The predicted molar refractivity (Wildman–Crippen MR) is 86.4 cm³/mol. The zero-order valence-electron chi connectivity index (χ0n) is 14.1. The van der Waals surface area contributed by atoms with Crippen molar-refractivity contribution < 1.29 is 9.90 Å². The van der Waals surface area contributed by atoms with Gasteiger partial charge in [-0.1, -0.05) is 20.3 Å². The van der Waals surface area contributed by atoms with Gasteiger partial charge in [0.05, 0.1) is 5.41 Å². The summed E-state index contributed by atoms with van der Waals surface area (Å²) in [5.41, 5.74) is -0.483. The Labute approximate surface area is 130 Å². The van der Waals surface area contributed by atoms with Crippen LogP contribution in [0.2, 0.25) is 0 Å². The molecule has 3 heteroatoms. The highest BCUT2D eigenvalue weighted by molar-refractivity contribution is 5.75. The van der Waals surface area contributed by atoms with E-state index in [1.54, 1.807) is 0 Å². The van der Waals surface area contributed by atoms with Crippen molar-refractivity contribution >= 4 is 5.97 Å². The van der Waals surface area contributed by atoms with Crippen molar-refractivity contribution in [3.05, 3.63) is 0 Å². The Morgan fingerprint density at radius 1 is 1.14 bits per heavy atom. The fourth-order valence-electron chi connectivity index (χ4n) is 4.35. The van der Waals surface area contributed by atoms with Crippen molar-refractivity contribution in [2.75, 3.05) is 13.6 Å². The Morgan fingerprint density at radius 2 is 1.71 bits per heavy atom. The maximum Gasteiger partial charge on any atom is 0.310 e. The second kappa shape index (κ2) is 7.13. The van der Waals surface area contributed by atoms with Crippen LogP contribution in [-0.2, 0) is 4.79 Å². The normalized spacial score (nSPS) is 37.6. The van der Waals surface area contributed by atoms with E-state index in [1.165, 1.54) is 32.1 Å². The van der Waals surface area contributed by atoms with Gasteiger partial charge in [-0.25, -0.2) is 0 Å². The molecule has 0 heterocycles. The van der Waals surface area contributed by atoms with Crippen LogP contribution < -0.4 is 0 Å². The molecule has 0 atom stereocenters. The molecule has 0 saturated heterocycles. The van der Waals surface area contributed by atoms with Gasteiger partial charge in [0.1, 0.15) is 0 Å². The first-order valence-electron chi connectivity index (χ1n) is 8.90. The van der Waals surface area contributed by atoms with Gasteiger partial charge in [-0.05, 0) is 70.3 Å². The molecule has 0 bridgehead atoms. The lowest BCUT2D eigenvalue weighted by molar-refractivity contribution is -0.153. The average molecular weight is 295 g/mol. The second-order valence-electron chi connectivity index (χ2n) is 7.77. The topological polar surface area (TPSA) is 40.5 Å². The van der Waals surface area contributed by atoms with Gasteiger partial charge >= 0.3 is 5.97 Å². The summed E-state index contributed by atoms with van der Waals surface area (Å²) in [7, 11) is 2.15. The van der Waals surface area contributed by atoms with E-state index in [2.05, 4.69) is 25.8 Å². The first kappa shape index (κ1) is 16.8. The number of hydrogen-bond acceptors (Lipinski definition) is 2. The highest BCUT2D eigenvalue weighted by Crippen LogP contribution is 2.41. The zero-order chi connectivity index (χ0) is 15.5. The Bertz CT molecular complexity index is 339. The Hall–Kier alpha value is -0.570. The molecular weight excluding hydrogens is 262 g/mol. The quantitative estimate of drug-likeness (QED) is 0.827. The van der Waals surface area contributed by atoms with Crippen LogP contribution in [0.3, 0.4) is 0 Å². The minimum Gasteiger partial charge on any atom is -0.481 e. The standard InChI is InChI=1S/C18H33NO2/c1-4-15-5-7-16(8-6-15)19(3)13-18(17(20)21)11-9-14(2)10-12-18/h14-16H,4-13H2,1-3H3,(H,20,21). The van der Waals surface area contributed by atoms with E-state index >= 15 is 0 Å². The van der Waals surface area contributed by atoms with Crippen molar-refractivity contribution in [1.29, 1.82) is 0 Å². The van der Waals surface area contributed by atoms with Crippen LogP contribution in [0.1, 0.15) is 71.6 Å². The number of hydrogen-bond donors (Lipinski definition) is 1. The van der Waals surface area contributed by atoms with E-state index in [4.69, 9.17) is 0 Å². The van der Waals surface area contributed by atoms with E-state index in [-0.39, 0.29) is 0 Å². The molecule has 21 heavy (non-hydrogen) atoms. The van der Waals surface area contributed by atoms with Crippen LogP contribution in [0.15, 0.2) is 0 Å². The lowest BCUT2D eigenvalue weighted by Gasteiger charge is -2.42. The van der Waals surface area contributed by atoms with Crippen molar-refractivity contribution in [2.45, 2.75) is 77.7 Å². The molecule has 3 nitrogen and oxygen atoms in total. The lowest BCUT2D eigenvalue weighted by Crippen LogP contribution is -2.48. The van der Waals surface area contributed by atoms with Crippen LogP contribution >= 0.6 is 0 Å². The summed E-state index contributed by atoms with van der Waals surface area (Å²) in [5.74, 6) is 1.03. The van der Waals surface area contributed by atoms with Crippen LogP contribution in [0.5, 0.6) is 0 Å². The van der Waals surface area contributed by atoms with Gasteiger partial charge in [0.2, 0.25) is 0 Å². The minimum absolute atomic E-state index is 0.483. The molecule has 0 amide bonds. The third kappa shape index (κ3) is 4.00. The Morgan fingerprint density at radius 3 is 2.19 bits per heavy atom. The number of carbonyl (C=O) groups is 1. The molecule has 0 aromatic carbocycles. The van der Waals surface area contributed by atoms with Gasteiger partial charge in [-0.15, -0.1) is 0 Å². The first-order valence-corrected chi connectivity index (χ1v) is 8.90. The van der Waals surface area contributed by atoms with Crippen LogP contribution in [-0.4, -0.2) is 35.6 Å². The number of aliphatic carboxylic acids is 1. The summed E-state index contributed by atoms with van der Waals surface area (Å²) in [6.07, 6.45) is 10.3. The lowest BCUT2D eigenvalue weighted by atomic mass is 9.70. The first-order chi connectivity index (χ1) is 9.97. The van der Waals surface area contributed by atoms with Gasteiger partial charge in [-0.3, -0.25) is 4.79 Å². The van der Waals surface area contributed by atoms with E-state index in [9.17, 15) is 9.90 Å². The van der Waals surface area contributed by atoms with Crippen molar-refractivity contribution in [1.82, 2.24) is 4.90 Å². The number of rotatable bonds is 5. The van der Waals surface area contributed by atoms with Crippen molar-refractivity contribution in [3.8, 4) is 0 Å². The molecule has 2 aliphatic rings. The third-order valence-electron chi connectivity index (χ3n) is 6.25. The molecule has 2 rings (SSSR count). The van der Waals surface area contributed by atoms with Crippen molar-refractivity contribution in [2.24, 2.45) is 17.3 Å². The van der Waals surface area contributed by atoms with E-state index in [0.29, 0.717) is 12.0 Å². The third-order valence-corrected chi connectivity index (χ3v) is 6.25. The molecule has 2 saturated carbocycles. The van der Waals surface area contributed by atoms with E-state index < -0.39 is 11.4 Å². The van der Waals surface area contributed by atoms with Crippen LogP contribution in [0, 0.1) is 17.3 Å². The summed E-state index contributed by atoms with van der Waals surface area (Å²) in [5, 5.41) is 9.78. The Kier molecular flexibility index (Phi) is 5.70. The fourth-order valence-corrected chi connectivity index (χ4v) is 4.35. The monoisotopic (exact) mass is 295 g/mol. The molecule has 0 radical (unpaired) electrons. The summed E-state index contributed by atoms with van der Waals surface area (Å²) < 4.78 is 0. The second-order valence-corrected chi connectivity index (χ2v) is 7.77. The largest absolute Gasteiger partial charge is 0.481 e. The smallest absolute Gasteiger partial charge is 0.310 e. The molecule has 0 aromatic heterocycles. The van der Waals surface area contributed by atoms with Gasteiger partial charge in [0.25, 0.3) is 0 Å². The highest BCUT2D eigenvalue weighted by atomic mass is 16.4. The number of carboxylic acid groups (broad SMARTS) is 1. The molecule has 0 spiro atoms. The highest BCUT2D eigenvalue weighted by Gasteiger charge is 2.43. The van der Waals surface area contributed by atoms with Crippen LogP contribution in [0.25, 0.3) is 0 Å². The summed E-state index contributed by atoms with van der Waals surface area (Å²) in [6.45, 7) is 5.29. The van der Waals surface area contributed by atoms with E-state index in [1.807, 2.05) is 0 Å². The van der Waals surface area contributed by atoms with Gasteiger partial charge in [0, 0.05) is 12.6 Å². The van der Waals surface area contributed by atoms with Gasteiger partial charge in [0.15, 0.2) is 0 Å². The molecule has 0 aliphatic heterocycles. The summed E-state index contributed by atoms with van der Waals surface area (Å²) >= 11 is 0. The van der Waals surface area contributed by atoms with Gasteiger partial charge in [-0.2, -0.15) is 0 Å². The Balaban J connectivity index is 1.93. The van der Waals surface area contributed by atoms with Crippen molar-refractivity contribution in [3.63, 3.8) is 0 Å². The molecule has 122 valence electrons. The number of carboxylic acids is 1. The van der Waals surface area contributed by atoms with Gasteiger partial charge < -0.3 is 10.0 Å². The molecule has 2 aliphatic carbocycles. The average Bonchev–Trinajstić information content (AvgIpc) is 2.49. The minimum atomic E-state index is -0.566. The maximum atomic E-state index is 11.9. The van der Waals surface area contributed by atoms with Crippen LogP contribution in [0.4, 0.5) is 0 Å². The SMILES string of the molecule is CCC1CCC(N(C)CC2(C(=O)O)CCC(C)CC2)CC1. The number of nitrogens with zero attached hydrogens (tertiary/aromatic N) is 1. The molecule has 0 unspecified atom stereocenters. The zero-order valence-corrected chi connectivity index (χ0v) is 14.1. The molecule has 0 aromatic rings.